The molecule has 0 aliphatic heterocycles. The summed E-state index contributed by atoms with van der Waals surface area (Å²) in [5, 5.41) is 2.93. The predicted octanol–water partition coefficient (Wildman–Crippen LogP) is 5.01. The summed E-state index contributed by atoms with van der Waals surface area (Å²) in [4.78, 5) is 25.1. The second-order valence-corrected chi connectivity index (χ2v) is 9.78. The molecule has 0 aliphatic carbocycles. The minimum Gasteiger partial charge on any atom is -0.495 e. The molecule has 0 atom stereocenters. The predicted molar refractivity (Wildman–Crippen MR) is 135 cm³/mol. The lowest BCUT2D eigenvalue weighted by Gasteiger charge is -2.24. The van der Waals surface area contributed by atoms with Crippen molar-refractivity contribution in [2.45, 2.75) is 11.8 Å². The first kappa shape index (κ1) is 26.3. The summed E-state index contributed by atoms with van der Waals surface area (Å²) >= 11 is 12.3. The van der Waals surface area contributed by atoms with Crippen LogP contribution in [0, 0.1) is 0 Å². The Morgan fingerprint density at radius 1 is 0.971 bits per heavy atom. The zero-order chi connectivity index (χ0) is 25.6. The van der Waals surface area contributed by atoms with Crippen molar-refractivity contribution in [2.75, 3.05) is 29.9 Å². The van der Waals surface area contributed by atoms with Crippen molar-refractivity contribution in [1.82, 2.24) is 0 Å². The van der Waals surface area contributed by atoms with Gasteiger partial charge in [0.1, 0.15) is 12.3 Å². The Labute approximate surface area is 213 Å². The Morgan fingerprint density at radius 3 is 2.31 bits per heavy atom. The molecular formula is C24H22Cl2N2O6S. The molecule has 3 aromatic carbocycles. The summed E-state index contributed by atoms with van der Waals surface area (Å²) in [6, 6.07) is 16.4. The molecule has 0 saturated carbocycles. The molecule has 1 amide bonds. The van der Waals surface area contributed by atoms with Crippen LogP contribution in [0.1, 0.15) is 17.3 Å². The molecule has 0 saturated heterocycles. The van der Waals surface area contributed by atoms with Crippen molar-refractivity contribution < 1.29 is 27.5 Å². The lowest BCUT2D eigenvalue weighted by molar-refractivity contribution is -0.114. The molecule has 1 N–H and O–H groups in total. The molecule has 0 fully saturated rings. The fourth-order valence-corrected chi connectivity index (χ4v) is 5.02. The highest BCUT2D eigenvalue weighted by atomic mass is 35.5. The van der Waals surface area contributed by atoms with Crippen LogP contribution in [0.3, 0.4) is 0 Å². The molecule has 0 heterocycles. The van der Waals surface area contributed by atoms with Gasteiger partial charge in [-0.15, -0.1) is 0 Å². The van der Waals surface area contributed by atoms with Crippen LogP contribution in [0.5, 0.6) is 5.75 Å². The lowest BCUT2D eigenvalue weighted by Crippen LogP contribution is -2.38. The van der Waals surface area contributed by atoms with Gasteiger partial charge in [0, 0.05) is 5.69 Å². The summed E-state index contributed by atoms with van der Waals surface area (Å²) in [6.45, 7) is 1.24. The maximum atomic E-state index is 13.4. The molecule has 0 aliphatic rings. The van der Waals surface area contributed by atoms with E-state index in [1.165, 1.54) is 55.6 Å². The first-order valence-corrected chi connectivity index (χ1v) is 12.5. The Hall–Kier alpha value is -3.27. The molecule has 11 heteroatoms. The quantitative estimate of drug-likeness (QED) is 0.385. The molecule has 35 heavy (non-hydrogen) atoms. The fraction of sp³-hybridized carbons (Fsp3) is 0.167. The van der Waals surface area contributed by atoms with E-state index in [0.717, 1.165) is 4.31 Å². The smallest absolute Gasteiger partial charge is 0.339 e. The van der Waals surface area contributed by atoms with Gasteiger partial charge in [0.2, 0.25) is 5.91 Å². The first-order chi connectivity index (χ1) is 16.7. The zero-order valence-electron chi connectivity index (χ0n) is 18.8. The van der Waals surface area contributed by atoms with Crippen LogP contribution in [0.25, 0.3) is 0 Å². The number of ether oxygens (including phenoxy) is 2. The Kier molecular flexibility index (Phi) is 8.61. The number of methoxy groups -OCH3 is 1. The molecule has 0 aromatic heterocycles. The van der Waals surface area contributed by atoms with Gasteiger partial charge in [0.25, 0.3) is 10.0 Å². The highest BCUT2D eigenvalue weighted by Gasteiger charge is 2.28. The molecular weight excluding hydrogens is 515 g/mol. The number of sulfonamides is 1. The van der Waals surface area contributed by atoms with Crippen LogP contribution in [0.4, 0.5) is 11.4 Å². The number of nitrogens with one attached hydrogen (secondary N) is 1. The number of esters is 1. The summed E-state index contributed by atoms with van der Waals surface area (Å²) in [5.74, 6) is -0.951. The molecule has 0 unspecified atom stereocenters. The van der Waals surface area contributed by atoms with Crippen molar-refractivity contribution in [3.8, 4) is 5.75 Å². The van der Waals surface area contributed by atoms with E-state index in [4.69, 9.17) is 32.7 Å². The topological polar surface area (TPSA) is 102 Å². The molecule has 0 radical (unpaired) electrons. The van der Waals surface area contributed by atoms with Crippen LogP contribution in [0.2, 0.25) is 10.0 Å². The second kappa shape index (κ2) is 11.4. The van der Waals surface area contributed by atoms with Gasteiger partial charge in [0.05, 0.1) is 39.9 Å². The monoisotopic (exact) mass is 536 g/mol. The van der Waals surface area contributed by atoms with E-state index in [1.54, 1.807) is 25.1 Å². The normalized spacial score (nSPS) is 11.0. The number of benzene rings is 3. The zero-order valence-corrected chi connectivity index (χ0v) is 21.2. The van der Waals surface area contributed by atoms with Crippen molar-refractivity contribution >= 4 is 56.5 Å². The summed E-state index contributed by atoms with van der Waals surface area (Å²) in [7, 11) is -2.70. The Morgan fingerprint density at radius 2 is 1.69 bits per heavy atom. The number of carbonyl (C=O) groups is 2. The fourth-order valence-electron chi connectivity index (χ4n) is 3.14. The van der Waals surface area contributed by atoms with E-state index < -0.39 is 28.4 Å². The van der Waals surface area contributed by atoms with Gasteiger partial charge < -0.3 is 14.8 Å². The van der Waals surface area contributed by atoms with Gasteiger partial charge in [-0.3, -0.25) is 9.10 Å². The highest BCUT2D eigenvalue weighted by Crippen LogP contribution is 2.32. The van der Waals surface area contributed by atoms with E-state index in [1.807, 2.05) is 0 Å². The second-order valence-electron chi connectivity index (χ2n) is 7.11. The maximum Gasteiger partial charge on any atom is 0.339 e. The van der Waals surface area contributed by atoms with Gasteiger partial charge in [-0.1, -0.05) is 41.4 Å². The van der Waals surface area contributed by atoms with Gasteiger partial charge >= 0.3 is 5.97 Å². The van der Waals surface area contributed by atoms with Crippen LogP contribution in [0.15, 0.2) is 71.6 Å². The van der Waals surface area contributed by atoms with E-state index in [9.17, 15) is 18.0 Å². The lowest BCUT2D eigenvalue weighted by atomic mass is 10.2. The van der Waals surface area contributed by atoms with Crippen molar-refractivity contribution in [3.63, 3.8) is 0 Å². The Bertz CT molecular complexity index is 1330. The number of hydrogen-bond donors (Lipinski definition) is 1. The van der Waals surface area contributed by atoms with Crippen molar-refractivity contribution in [3.05, 3.63) is 82.3 Å². The average Bonchev–Trinajstić information content (AvgIpc) is 2.84. The molecule has 3 aromatic rings. The maximum absolute atomic E-state index is 13.4. The SMILES string of the molecule is CCOC(=O)c1cc(NC(=O)CN(c2ccc(OC)c(Cl)c2)S(=O)(=O)c2ccccc2)ccc1Cl. The minimum absolute atomic E-state index is 0.00386. The molecule has 0 bridgehead atoms. The summed E-state index contributed by atoms with van der Waals surface area (Å²) < 4.78 is 37.9. The number of amides is 1. The highest BCUT2D eigenvalue weighted by molar-refractivity contribution is 7.92. The number of anilines is 2. The number of carbonyl (C=O) groups excluding carboxylic acids is 2. The summed E-state index contributed by atoms with van der Waals surface area (Å²) in [6.07, 6.45) is 0. The molecule has 0 spiro atoms. The minimum atomic E-state index is -4.14. The molecule has 3 rings (SSSR count). The third-order valence-corrected chi connectivity index (χ3v) is 7.20. The van der Waals surface area contributed by atoms with E-state index in [2.05, 4.69) is 5.32 Å². The third-order valence-electron chi connectivity index (χ3n) is 4.79. The Balaban J connectivity index is 1.94. The first-order valence-electron chi connectivity index (χ1n) is 10.3. The van der Waals surface area contributed by atoms with E-state index in [-0.39, 0.29) is 38.5 Å². The van der Waals surface area contributed by atoms with Gasteiger partial charge in [-0.05, 0) is 55.5 Å². The van der Waals surface area contributed by atoms with Crippen molar-refractivity contribution in [2.24, 2.45) is 0 Å². The van der Waals surface area contributed by atoms with E-state index in [0.29, 0.717) is 5.75 Å². The largest absolute Gasteiger partial charge is 0.495 e. The average molecular weight is 537 g/mol. The number of hydrogen-bond acceptors (Lipinski definition) is 6. The van der Waals surface area contributed by atoms with Gasteiger partial charge in [-0.2, -0.15) is 0 Å². The number of halogens is 2. The molecule has 8 nitrogen and oxygen atoms in total. The van der Waals surface area contributed by atoms with Crippen LogP contribution < -0.4 is 14.4 Å². The van der Waals surface area contributed by atoms with Crippen LogP contribution >= 0.6 is 23.2 Å². The van der Waals surface area contributed by atoms with Crippen LogP contribution in [-0.2, 0) is 19.6 Å². The van der Waals surface area contributed by atoms with Crippen LogP contribution in [-0.4, -0.2) is 40.6 Å². The van der Waals surface area contributed by atoms with Crippen molar-refractivity contribution in [1.29, 1.82) is 0 Å². The van der Waals surface area contributed by atoms with E-state index >= 15 is 0 Å². The number of nitrogens with zero attached hydrogens (tertiary/aromatic N) is 1. The summed E-state index contributed by atoms with van der Waals surface area (Å²) in [5.41, 5.74) is 0.479. The van der Waals surface area contributed by atoms with Gasteiger partial charge in [0.15, 0.2) is 0 Å². The number of rotatable bonds is 9. The standard InChI is InChI=1S/C24H22Cl2N2O6S/c1-3-34-24(30)19-13-16(9-11-20(19)25)27-23(29)15-28(17-10-12-22(33-2)21(26)14-17)35(31,32)18-7-5-4-6-8-18/h4-14H,3,15H2,1-2H3,(H,27,29). The van der Waals surface area contributed by atoms with Gasteiger partial charge in [-0.25, -0.2) is 13.2 Å². The third kappa shape index (κ3) is 6.25. The molecule has 184 valence electrons.